The van der Waals surface area contributed by atoms with Crippen molar-refractivity contribution in [1.29, 1.82) is 0 Å². The van der Waals surface area contributed by atoms with E-state index in [0.29, 0.717) is 17.5 Å². The first-order valence-electron chi connectivity index (χ1n) is 6.78. The third-order valence-electron chi connectivity index (χ3n) is 2.97. The Bertz CT molecular complexity index is 694. The van der Waals surface area contributed by atoms with E-state index in [1.807, 2.05) is 48.5 Å². The summed E-state index contributed by atoms with van der Waals surface area (Å²) in [6.45, 7) is 0.626. The van der Waals surface area contributed by atoms with Gasteiger partial charge in [-0.05, 0) is 30.7 Å². The van der Waals surface area contributed by atoms with E-state index in [1.54, 1.807) is 11.8 Å². The average Bonchev–Trinajstić information content (AvgIpc) is 2.91. The van der Waals surface area contributed by atoms with Crippen molar-refractivity contribution >= 4 is 28.5 Å². The normalized spacial score (nSPS) is 10.9. The van der Waals surface area contributed by atoms with E-state index in [0.717, 1.165) is 29.0 Å². The maximum absolute atomic E-state index is 5.81. The molecule has 21 heavy (non-hydrogen) atoms. The lowest BCUT2D eigenvalue weighted by Crippen LogP contribution is -2.01. The molecule has 2 N–H and O–H groups in total. The second kappa shape index (κ2) is 6.54. The molecule has 1 heterocycles. The van der Waals surface area contributed by atoms with Crippen molar-refractivity contribution in [2.24, 2.45) is 0 Å². The maximum Gasteiger partial charge on any atom is 0.256 e. The first kappa shape index (κ1) is 13.8. The molecule has 5 heteroatoms. The first-order valence-corrected chi connectivity index (χ1v) is 7.77. The van der Waals surface area contributed by atoms with Gasteiger partial charge in [0.15, 0.2) is 5.58 Å². The van der Waals surface area contributed by atoms with Crippen molar-refractivity contribution in [2.45, 2.75) is 11.6 Å². The van der Waals surface area contributed by atoms with Crippen molar-refractivity contribution in [1.82, 2.24) is 4.98 Å². The fourth-order valence-corrected chi connectivity index (χ4v) is 2.67. The number of anilines is 1. The number of rotatable bonds is 6. The van der Waals surface area contributed by atoms with E-state index in [1.165, 1.54) is 0 Å². The molecule has 0 amide bonds. The first-order chi connectivity index (χ1) is 10.3. The van der Waals surface area contributed by atoms with Crippen LogP contribution in [-0.2, 0) is 0 Å². The van der Waals surface area contributed by atoms with Crippen molar-refractivity contribution in [3.63, 3.8) is 0 Å². The Kier molecular flexibility index (Phi) is 4.31. The van der Waals surface area contributed by atoms with E-state index in [4.69, 9.17) is 14.9 Å². The van der Waals surface area contributed by atoms with E-state index < -0.39 is 0 Å². The second-order valence-corrected chi connectivity index (χ2v) is 5.58. The summed E-state index contributed by atoms with van der Waals surface area (Å²) < 4.78 is 11.3. The number of ether oxygens (including phenoxy) is 1. The van der Waals surface area contributed by atoms with Crippen molar-refractivity contribution < 1.29 is 9.15 Å². The highest BCUT2D eigenvalue weighted by Crippen LogP contribution is 2.24. The van der Waals surface area contributed by atoms with Gasteiger partial charge in [-0.3, -0.25) is 0 Å². The molecule has 0 saturated heterocycles. The van der Waals surface area contributed by atoms with Crippen LogP contribution >= 0.6 is 11.8 Å². The number of nitrogens with two attached hydrogens (primary N) is 1. The van der Waals surface area contributed by atoms with Crippen LogP contribution < -0.4 is 10.5 Å². The molecule has 0 radical (unpaired) electrons. The molecule has 0 aliphatic carbocycles. The number of benzene rings is 2. The van der Waals surface area contributed by atoms with Crippen LogP contribution in [0.25, 0.3) is 11.1 Å². The molecule has 1 aromatic heterocycles. The molecule has 0 spiro atoms. The summed E-state index contributed by atoms with van der Waals surface area (Å²) in [5.74, 6) is 1.63. The van der Waals surface area contributed by atoms with Crippen LogP contribution in [0.2, 0.25) is 0 Å². The molecule has 0 aliphatic heterocycles. The number of hydrogen-bond acceptors (Lipinski definition) is 5. The van der Waals surface area contributed by atoms with E-state index in [-0.39, 0.29) is 0 Å². The quantitative estimate of drug-likeness (QED) is 0.424. The Morgan fingerprint density at radius 2 is 1.90 bits per heavy atom. The zero-order valence-corrected chi connectivity index (χ0v) is 12.3. The fraction of sp³-hybridized carbons (Fsp3) is 0.188. The molecule has 108 valence electrons. The maximum atomic E-state index is 5.81. The summed E-state index contributed by atoms with van der Waals surface area (Å²) in [4.78, 5) is 4.42. The lowest BCUT2D eigenvalue weighted by atomic mass is 10.3. The van der Waals surface area contributed by atoms with E-state index in [2.05, 4.69) is 4.98 Å². The topological polar surface area (TPSA) is 61.3 Å². The van der Waals surface area contributed by atoms with Gasteiger partial charge in [0.05, 0.1) is 12.3 Å². The van der Waals surface area contributed by atoms with Gasteiger partial charge in [-0.15, -0.1) is 0 Å². The smallest absolute Gasteiger partial charge is 0.256 e. The molecular formula is C16H16N2O2S. The predicted molar refractivity (Wildman–Crippen MR) is 85.7 cm³/mol. The van der Waals surface area contributed by atoms with E-state index in [9.17, 15) is 0 Å². The number of aromatic nitrogens is 1. The summed E-state index contributed by atoms with van der Waals surface area (Å²) in [7, 11) is 0. The highest BCUT2D eigenvalue weighted by atomic mass is 32.2. The molecule has 3 aromatic rings. The van der Waals surface area contributed by atoms with Gasteiger partial charge in [0.1, 0.15) is 11.3 Å². The summed E-state index contributed by atoms with van der Waals surface area (Å²) in [6, 6.07) is 15.3. The third kappa shape index (κ3) is 3.49. The van der Waals surface area contributed by atoms with Crippen molar-refractivity contribution in [2.75, 3.05) is 18.1 Å². The predicted octanol–water partition coefficient (Wildman–Crippen LogP) is 3.97. The Labute approximate surface area is 127 Å². The van der Waals surface area contributed by atoms with Gasteiger partial charge in [0.2, 0.25) is 0 Å². The molecule has 0 unspecified atom stereocenters. The van der Waals surface area contributed by atoms with Crippen LogP contribution in [0.1, 0.15) is 6.42 Å². The van der Waals surface area contributed by atoms with Crippen LogP contribution in [-0.4, -0.2) is 17.3 Å². The highest BCUT2D eigenvalue weighted by molar-refractivity contribution is 7.99. The molecule has 0 saturated carbocycles. The minimum Gasteiger partial charge on any atom is -0.491 e. The average molecular weight is 300 g/mol. The minimum atomic E-state index is 0.626. The summed E-state index contributed by atoms with van der Waals surface area (Å²) >= 11 is 1.60. The SMILES string of the molecule is Nc1ccccc1OCCCSc1nc2ccccc2o1. The van der Waals surface area contributed by atoms with Gasteiger partial charge in [-0.25, -0.2) is 4.98 Å². The van der Waals surface area contributed by atoms with Gasteiger partial charge < -0.3 is 14.9 Å². The Hall–Kier alpha value is -2.14. The number of nitrogen functional groups attached to an aromatic ring is 1. The molecular weight excluding hydrogens is 284 g/mol. The lowest BCUT2D eigenvalue weighted by molar-refractivity contribution is 0.320. The Balaban J connectivity index is 1.45. The van der Waals surface area contributed by atoms with Gasteiger partial charge >= 0.3 is 0 Å². The molecule has 2 aromatic carbocycles. The van der Waals surface area contributed by atoms with Gasteiger partial charge in [-0.1, -0.05) is 36.0 Å². The van der Waals surface area contributed by atoms with Crippen LogP contribution in [0.5, 0.6) is 5.75 Å². The van der Waals surface area contributed by atoms with Crippen LogP contribution in [0, 0.1) is 0 Å². The van der Waals surface area contributed by atoms with Gasteiger partial charge in [0, 0.05) is 5.75 Å². The molecule has 0 aliphatic rings. The molecule has 0 atom stereocenters. The van der Waals surface area contributed by atoms with Crippen LogP contribution in [0.4, 0.5) is 5.69 Å². The zero-order chi connectivity index (χ0) is 14.5. The minimum absolute atomic E-state index is 0.626. The lowest BCUT2D eigenvalue weighted by Gasteiger charge is -2.07. The number of thioether (sulfide) groups is 1. The highest BCUT2D eigenvalue weighted by Gasteiger charge is 2.05. The van der Waals surface area contributed by atoms with Crippen molar-refractivity contribution in [3.05, 3.63) is 48.5 Å². The van der Waals surface area contributed by atoms with Crippen LogP contribution in [0.3, 0.4) is 0 Å². The number of fused-ring (bicyclic) bond motifs is 1. The fourth-order valence-electron chi connectivity index (χ4n) is 1.93. The number of nitrogens with zero attached hydrogens (tertiary/aromatic N) is 1. The number of oxazole rings is 1. The molecule has 0 bridgehead atoms. The Morgan fingerprint density at radius 3 is 2.76 bits per heavy atom. The second-order valence-electron chi connectivity index (χ2n) is 4.54. The van der Waals surface area contributed by atoms with E-state index >= 15 is 0 Å². The molecule has 4 nitrogen and oxygen atoms in total. The molecule has 3 rings (SSSR count). The van der Waals surface area contributed by atoms with Crippen LogP contribution in [0.15, 0.2) is 58.2 Å². The standard InChI is InChI=1S/C16H16N2O2S/c17-12-6-1-3-8-14(12)19-10-5-11-21-16-18-13-7-2-4-9-15(13)20-16/h1-4,6-9H,5,10-11,17H2. The van der Waals surface area contributed by atoms with Gasteiger partial charge in [-0.2, -0.15) is 0 Å². The third-order valence-corrected chi connectivity index (χ3v) is 3.88. The van der Waals surface area contributed by atoms with Crippen molar-refractivity contribution in [3.8, 4) is 5.75 Å². The molecule has 0 fully saturated rings. The summed E-state index contributed by atoms with van der Waals surface area (Å²) in [5, 5.41) is 0.704. The summed E-state index contributed by atoms with van der Waals surface area (Å²) in [6.07, 6.45) is 0.901. The number of hydrogen-bond donors (Lipinski definition) is 1. The number of para-hydroxylation sites is 4. The van der Waals surface area contributed by atoms with Gasteiger partial charge in [0.25, 0.3) is 5.22 Å². The summed E-state index contributed by atoms with van der Waals surface area (Å²) in [5.41, 5.74) is 8.21. The monoisotopic (exact) mass is 300 g/mol. The largest absolute Gasteiger partial charge is 0.491 e. The zero-order valence-electron chi connectivity index (χ0n) is 11.5. The Morgan fingerprint density at radius 1 is 1.10 bits per heavy atom.